The summed E-state index contributed by atoms with van der Waals surface area (Å²) in [6.45, 7) is 0.604. The molecule has 0 aromatic heterocycles. The first kappa shape index (κ1) is 13.5. The van der Waals surface area contributed by atoms with Crippen molar-refractivity contribution in [1.29, 1.82) is 0 Å². The Morgan fingerprint density at radius 3 is 2.36 bits per heavy atom. The van der Waals surface area contributed by atoms with Gasteiger partial charge in [0.25, 0.3) is 0 Å². The maximum atomic E-state index is 10.1. The lowest BCUT2D eigenvalue weighted by molar-refractivity contribution is -0.138. The number of hydrogen-bond acceptors (Lipinski definition) is 3. The van der Waals surface area contributed by atoms with Gasteiger partial charge in [0.05, 0.1) is 0 Å². The van der Waals surface area contributed by atoms with E-state index in [9.17, 15) is 4.79 Å². The zero-order valence-corrected chi connectivity index (χ0v) is 5.92. The number of hydrogen-bond donors (Lipinski definition) is 3. The molecule has 0 aromatic carbocycles. The van der Waals surface area contributed by atoms with Gasteiger partial charge in [0.1, 0.15) is 6.04 Å². The second-order valence-corrected chi connectivity index (χ2v) is 2.23. The van der Waals surface area contributed by atoms with Crippen LogP contribution in [-0.2, 0) is 4.79 Å². The number of unbranched alkanes of at least 4 members (excludes halogenated alkanes) is 1. The number of nitrogens with two attached hydrogens (primary N) is 2. The van der Waals surface area contributed by atoms with Crippen LogP contribution in [0.5, 0.6) is 0 Å². The summed E-state index contributed by atoms with van der Waals surface area (Å²) in [5.74, 6) is -0.933. The van der Waals surface area contributed by atoms with Crippen LogP contribution >= 0.6 is 0 Å². The molecular formula is C6H17AlN2O2. The van der Waals surface area contributed by atoms with Crippen LogP contribution in [0.2, 0.25) is 0 Å². The second kappa shape index (κ2) is 8.02. The largest absolute Gasteiger partial charge is 0.480 e. The number of aliphatic carboxylic acids is 1. The molecule has 0 saturated heterocycles. The van der Waals surface area contributed by atoms with Crippen molar-refractivity contribution in [3.8, 4) is 0 Å². The molecule has 0 radical (unpaired) electrons. The standard InChI is InChI=1S/C6H14N2O2.Al.3H/c7-4-2-1-3-5(8)6(9)10;;;;/h5H,1-4,7-8H2,(H,9,10);;;;/t5-;;;;/m0..../s1. The van der Waals surface area contributed by atoms with Crippen molar-refractivity contribution in [3.63, 3.8) is 0 Å². The van der Waals surface area contributed by atoms with Crippen LogP contribution in [-0.4, -0.2) is 41.0 Å². The fourth-order valence-corrected chi connectivity index (χ4v) is 0.632. The molecule has 4 nitrogen and oxygen atoms in total. The molecular weight excluding hydrogens is 159 g/mol. The quantitative estimate of drug-likeness (QED) is 0.345. The molecule has 1 atom stereocenters. The van der Waals surface area contributed by atoms with Gasteiger partial charge in [0.15, 0.2) is 17.4 Å². The molecule has 0 aromatic rings. The monoisotopic (exact) mass is 176 g/mol. The van der Waals surface area contributed by atoms with Crippen LogP contribution < -0.4 is 11.5 Å². The van der Waals surface area contributed by atoms with Crippen molar-refractivity contribution in [3.05, 3.63) is 0 Å². The smallest absolute Gasteiger partial charge is 0.320 e. The molecule has 5 heteroatoms. The minimum absolute atomic E-state index is 0. The minimum Gasteiger partial charge on any atom is -0.480 e. The van der Waals surface area contributed by atoms with Gasteiger partial charge in [-0.15, -0.1) is 0 Å². The van der Waals surface area contributed by atoms with Gasteiger partial charge in [-0.05, 0) is 19.4 Å². The molecule has 0 aliphatic carbocycles. The molecule has 0 bridgehead atoms. The van der Waals surface area contributed by atoms with Gasteiger partial charge in [-0.25, -0.2) is 0 Å². The van der Waals surface area contributed by atoms with Gasteiger partial charge in [-0.2, -0.15) is 0 Å². The van der Waals surface area contributed by atoms with E-state index in [4.69, 9.17) is 16.6 Å². The van der Waals surface area contributed by atoms with Crippen molar-refractivity contribution in [1.82, 2.24) is 0 Å². The average Bonchev–Trinajstić information content (AvgIpc) is 1.88. The van der Waals surface area contributed by atoms with E-state index in [1.54, 1.807) is 0 Å². The number of carboxylic acids is 1. The van der Waals surface area contributed by atoms with E-state index in [1.165, 1.54) is 0 Å². The predicted molar refractivity (Wildman–Crippen MR) is 48.5 cm³/mol. The van der Waals surface area contributed by atoms with Gasteiger partial charge in [0.2, 0.25) is 0 Å². The third kappa shape index (κ3) is 7.82. The molecule has 0 fully saturated rings. The molecule has 0 aliphatic heterocycles. The summed E-state index contributed by atoms with van der Waals surface area (Å²) >= 11 is 0. The Bertz CT molecular complexity index is 111. The van der Waals surface area contributed by atoms with Gasteiger partial charge < -0.3 is 16.6 Å². The number of carboxylic acid groups (broad SMARTS) is 1. The maximum absolute atomic E-state index is 10.1. The van der Waals surface area contributed by atoms with Crippen LogP contribution in [0.4, 0.5) is 0 Å². The summed E-state index contributed by atoms with van der Waals surface area (Å²) in [7, 11) is 0. The van der Waals surface area contributed by atoms with Crippen LogP contribution in [0.25, 0.3) is 0 Å². The Morgan fingerprint density at radius 2 is 2.00 bits per heavy atom. The van der Waals surface area contributed by atoms with Crippen LogP contribution in [0.15, 0.2) is 0 Å². The highest BCUT2D eigenvalue weighted by Gasteiger charge is 2.09. The number of carbonyl (C=O) groups is 1. The zero-order valence-electron chi connectivity index (χ0n) is 5.92. The molecule has 0 aliphatic rings. The Kier molecular flexibility index (Phi) is 9.85. The van der Waals surface area contributed by atoms with E-state index in [-0.39, 0.29) is 17.4 Å². The molecule has 0 spiro atoms. The van der Waals surface area contributed by atoms with Crippen LogP contribution in [0.3, 0.4) is 0 Å². The molecule has 0 saturated carbocycles. The first-order valence-electron chi connectivity index (χ1n) is 3.37. The fourth-order valence-electron chi connectivity index (χ4n) is 0.632. The van der Waals surface area contributed by atoms with Gasteiger partial charge in [-0.1, -0.05) is 6.42 Å². The molecule has 0 heterocycles. The maximum Gasteiger partial charge on any atom is 0.320 e. The predicted octanol–water partition coefficient (Wildman–Crippen LogP) is -1.66. The average molecular weight is 176 g/mol. The molecule has 66 valence electrons. The highest BCUT2D eigenvalue weighted by molar-refractivity contribution is 5.75. The van der Waals surface area contributed by atoms with Crippen molar-refractivity contribution in [2.24, 2.45) is 11.5 Å². The summed E-state index contributed by atoms with van der Waals surface area (Å²) in [6, 6.07) is -0.716. The highest BCUT2D eigenvalue weighted by Crippen LogP contribution is 1.96. The Labute approximate surface area is 77.1 Å². The fraction of sp³-hybridized carbons (Fsp3) is 0.833. The van der Waals surface area contributed by atoms with E-state index in [0.29, 0.717) is 13.0 Å². The van der Waals surface area contributed by atoms with Gasteiger partial charge in [0, 0.05) is 0 Å². The third-order valence-electron chi connectivity index (χ3n) is 1.29. The van der Waals surface area contributed by atoms with E-state index in [1.807, 2.05) is 0 Å². The van der Waals surface area contributed by atoms with E-state index >= 15 is 0 Å². The number of rotatable bonds is 5. The molecule has 0 unspecified atom stereocenters. The lowest BCUT2D eigenvalue weighted by atomic mass is 10.1. The lowest BCUT2D eigenvalue weighted by Crippen LogP contribution is -2.29. The summed E-state index contributed by atoms with van der Waals surface area (Å²) in [6.07, 6.45) is 2.16. The van der Waals surface area contributed by atoms with Crippen molar-refractivity contribution in [2.75, 3.05) is 6.54 Å². The van der Waals surface area contributed by atoms with Gasteiger partial charge in [-0.3, -0.25) is 4.79 Å². The van der Waals surface area contributed by atoms with E-state index in [0.717, 1.165) is 12.8 Å². The third-order valence-corrected chi connectivity index (χ3v) is 1.29. The molecule has 0 amide bonds. The molecule has 0 rings (SSSR count). The SMILES string of the molecule is NCCCC[C@H](N)C(=O)O.[AlH3]. The summed E-state index contributed by atoms with van der Waals surface area (Å²) in [5, 5.41) is 8.33. The Balaban J connectivity index is 0. The van der Waals surface area contributed by atoms with E-state index < -0.39 is 12.0 Å². The zero-order chi connectivity index (χ0) is 7.98. The van der Waals surface area contributed by atoms with E-state index in [2.05, 4.69) is 0 Å². The highest BCUT2D eigenvalue weighted by atomic mass is 27.0. The molecule has 5 N–H and O–H groups in total. The summed E-state index contributed by atoms with van der Waals surface area (Å²) in [4.78, 5) is 10.1. The summed E-state index contributed by atoms with van der Waals surface area (Å²) < 4.78 is 0. The Morgan fingerprint density at radius 1 is 1.45 bits per heavy atom. The summed E-state index contributed by atoms with van der Waals surface area (Å²) in [5.41, 5.74) is 10.4. The first-order chi connectivity index (χ1) is 4.68. The first-order valence-corrected chi connectivity index (χ1v) is 3.37. The molecule has 11 heavy (non-hydrogen) atoms. The van der Waals surface area contributed by atoms with Crippen molar-refractivity contribution >= 4 is 23.3 Å². The van der Waals surface area contributed by atoms with Crippen molar-refractivity contribution < 1.29 is 9.90 Å². The minimum atomic E-state index is -0.933. The van der Waals surface area contributed by atoms with Crippen LogP contribution in [0, 0.1) is 0 Å². The normalized spacial score (nSPS) is 11.8. The second-order valence-electron chi connectivity index (χ2n) is 2.23. The van der Waals surface area contributed by atoms with Crippen LogP contribution in [0.1, 0.15) is 19.3 Å². The topological polar surface area (TPSA) is 89.3 Å². The van der Waals surface area contributed by atoms with Crippen molar-refractivity contribution in [2.45, 2.75) is 25.3 Å². The lowest BCUT2D eigenvalue weighted by Gasteiger charge is -2.03. The Hall–Kier alpha value is -0.0775. The van der Waals surface area contributed by atoms with Gasteiger partial charge >= 0.3 is 5.97 Å².